The van der Waals surface area contributed by atoms with Crippen LogP contribution >= 0.6 is 23.3 Å². The molecule has 1 rings (SSSR count). The average Bonchev–Trinajstić information content (AvgIpc) is 2.20. The Balaban J connectivity index is 2.71. The monoisotopic (exact) mass is 276 g/mol. The van der Waals surface area contributed by atoms with Crippen molar-refractivity contribution in [2.75, 3.05) is 17.7 Å². The molecule has 78 valence electrons. The van der Waals surface area contributed by atoms with Crippen LogP contribution in [0.3, 0.4) is 0 Å². The van der Waals surface area contributed by atoms with E-state index in [1.54, 1.807) is 0 Å². The Bertz CT molecular complexity index is 313. The third-order valence-electron chi connectivity index (χ3n) is 1.92. The number of hydrogen-bond acceptors (Lipinski definition) is 2. The van der Waals surface area contributed by atoms with Gasteiger partial charge in [0.1, 0.15) is 5.75 Å². The fourth-order valence-electron chi connectivity index (χ4n) is 1.07. The summed E-state index contributed by atoms with van der Waals surface area (Å²) < 4.78 is 17.6. The van der Waals surface area contributed by atoms with Crippen LogP contribution in [0.1, 0.15) is 6.92 Å². The van der Waals surface area contributed by atoms with E-state index in [2.05, 4.69) is 15.9 Å². The van der Waals surface area contributed by atoms with Crippen LogP contribution in [0.25, 0.3) is 0 Å². The van der Waals surface area contributed by atoms with Crippen LogP contribution in [0.2, 0.25) is 0 Å². The zero-order chi connectivity index (χ0) is 10.4. The number of benzene rings is 1. The molecule has 0 fully saturated rings. The summed E-state index contributed by atoms with van der Waals surface area (Å²) in [6.45, 7) is 1.90. The SMILES string of the molecule is CCP(=O)(CCBr)Oc1ccccc1. The zero-order valence-electron chi connectivity index (χ0n) is 8.15. The summed E-state index contributed by atoms with van der Waals surface area (Å²) in [6.07, 6.45) is 1.16. The van der Waals surface area contributed by atoms with Crippen molar-refractivity contribution < 1.29 is 9.09 Å². The van der Waals surface area contributed by atoms with E-state index in [0.29, 0.717) is 23.4 Å². The van der Waals surface area contributed by atoms with Gasteiger partial charge in [0.2, 0.25) is 7.37 Å². The van der Waals surface area contributed by atoms with Crippen molar-refractivity contribution in [3.63, 3.8) is 0 Å². The first-order valence-corrected chi connectivity index (χ1v) is 7.70. The van der Waals surface area contributed by atoms with Gasteiger partial charge in [0, 0.05) is 17.7 Å². The summed E-state index contributed by atoms with van der Waals surface area (Å²) in [6, 6.07) is 9.33. The number of para-hydroxylation sites is 1. The van der Waals surface area contributed by atoms with Gasteiger partial charge in [-0.3, -0.25) is 4.57 Å². The quantitative estimate of drug-likeness (QED) is 0.605. The summed E-state index contributed by atoms with van der Waals surface area (Å²) in [4.78, 5) is 0. The van der Waals surface area contributed by atoms with E-state index in [1.165, 1.54) is 0 Å². The van der Waals surface area contributed by atoms with E-state index < -0.39 is 7.37 Å². The molecule has 0 aliphatic carbocycles. The molecular formula is C10H14BrO2P. The molecule has 0 radical (unpaired) electrons. The van der Waals surface area contributed by atoms with Crippen LogP contribution in [0, 0.1) is 0 Å². The number of halogens is 1. The zero-order valence-corrected chi connectivity index (χ0v) is 10.6. The first kappa shape index (κ1) is 11.8. The molecule has 0 saturated heterocycles. The maximum atomic E-state index is 12.1. The van der Waals surface area contributed by atoms with Crippen LogP contribution in [-0.2, 0) is 4.57 Å². The summed E-state index contributed by atoms with van der Waals surface area (Å²) in [5.74, 6) is 0.693. The molecule has 14 heavy (non-hydrogen) atoms. The van der Waals surface area contributed by atoms with Crippen molar-refractivity contribution >= 4 is 23.3 Å². The molecule has 4 heteroatoms. The van der Waals surface area contributed by atoms with E-state index in [9.17, 15) is 4.57 Å². The molecule has 0 N–H and O–H groups in total. The highest BCUT2D eigenvalue weighted by Gasteiger charge is 2.20. The van der Waals surface area contributed by atoms with Crippen LogP contribution in [0.15, 0.2) is 30.3 Å². The average molecular weight is 277 g/mol. The minimum atomic E-state index is -2.47. The van der Waals surface area contributed by atoms with Gasteiger partial charge in [-0.1, -0.05) is 41.1 Å². The first-order chi connectivity index (χ1) is 6.70. The van der Waals surface area contributed by atoms with E-state index in [0.717, 1.165) is 0 Å². The van der Waals surface area contributed by atoms with Gasteiger partial charge in [-0.15, -0.1) is 0 Å². The number of hydrogen-bond donors (Lipinski definition) is 0. The van der Waals surface area contributed by atoms with Gasteiger partial charge in [0.25, 0.3) is 0 Å². The van der Waals surface area contributed by atoms with E-state index in [1.807, 2.05) is 37.3 Å². The van der Waals surface area contributed by atoms with Crippen molar-refractivity contribution in [2.45, 2.75) is 6.92 Å². The van der Waals surface area contributed by atoms with Gasteiger partial charge in [-0.2, -0.15) is 0 Å². The Morgan fingerprint density at radius 3 is 2.50 bits per heavy atom. The van der Waals surface area contributed by atoms with E-state index >= 15 is 0 Å². The minimum absolute atomic E-state index is 0.577. The molecule has 0 aromatic heterocycles. The summed E-state index contributed by atoms with van der Waals surface area (Å²) >= 11 is 3.29. The van der Waals surface area contributed by atoms with Crippen LogP contribution < -0.4 is 4.52 Å². The van der Waals surface area contributed by atoms with Crippen LogP contribution in [0.5, 0.6) is 5.75 Å². The molecule has 1 aromatic carbocycles. The summed E-state index contributed by atoms with van der Waals surface area (Å²) in [7, 11) is -2.47. The smallest absolute Gasteiger partial charge is 0.248 e. The predicted molar refractivity (Wildman–Crippen MR) is 63.9 cm³/mol. The lowest BCUT2D eigenvalue weighted by Gasteiger charge is -2.16. The molecule has 0 amide bonds. The second kappa shape index (κ2) is 5.57. The van der Waals surface area contributed by atoms with Gasteiger partial charge in [-0.25, -0.2) is 0 Å². The Labute approximate surface area is 93.2 Å². The second-order valence-electron chi connectivity index (χ2n) is 2.95. The van der Waals surface area contributed by atoms with Gasteiger partial charge in [-0.05, 0) is 12.1 Å². The highest BCUT2D eigenvalue weighted by atomic mass is 79.9. The molecule has 1 atom stereocenters. The molecule has 0 spiro atoms. The highest BCUT2D eigenvalue weighted by Crippen LogP contribution is 2.46. The molecular weight excluding hydrogens is 263 g/mol. The molecule has 1 unspecified atom stereocenters. The topological polar surface area (TPSA) is 26.3 Å². The fraction of sp³-hybridized carbons (Fsp3) is 0.400. The molecule has 0 bridgehead atoms. The molecule has 0 saturated carbocycles. The third-order valence-corrected chi connectivity index (χ3v) is 5.34. The normalized spacial score (nSPS) is 14.7. The Kier molecular flexibility index (Phi) is 4.70. The van der Waals surface area contributed by atoms with Crippen molar-refractivity contribution in [3.05, 3.63) is 30.3 Å². The molecule has 0 aliphatic rings. The summed E-state index contributed by atoms with van der Waals surface area (Å²) in [5.41, 5.74) is 0. The van der Waals surface area contributed by atoms with Crippen molar-refractivity contribution in [3.8, 4) is 5.75 Å². The Morgan fingerprint density at radius 1 is 1.36 bits per heavy atom. The summed E-state index contributed by atoms with van der Waals surface area (Å²) in [5, 5.41) is 0.713. The van der Waals surface area contributed by atoms with Gasteiger partial charge in [0.15, 0.2) is 0 Å². The Hall–Kier alpha value is -0.270. The van der Waals surface area contributed by atoms with Crippen molar-refractivity contribution in [1.82, 2.24) is 0 Å². The molecule has 2 nitrogen and oxygen atoms in total. The molecule has 0 heterocycles. The maximum Gasteiger partial charge on any atom is 0.248 e. The lowest BCUT2D eigenvalue weighted by atomic mass is 10.3. The van der Waals surface area contributed by atoms with Crippen LogP contribution in [-0.4, -0.2) is 17.7 Å². The highest BCUT2D eigenvalue weighted by molar-refractivity contribution is 9.09. The van der Waals surface area contributed by atoms with E-state index in [-0.39, 0.29) is 0 Å². The van der Waals surface area contributed by atoms with Gasteiger partial charge >= 0.3 is 0 Å². The third kappa shape index (κ3) is 3.47. The number of rotatable bonds is 5. The van der Waals surface area contributed by atoms with Crippen molar-refractivity contribution in [1.29, 1.82) is 0 Å². The predicted octanol–water partition coefficient (Wildman–Crippen LogP) is 3.76. The van der Waals surface area contributed by atoms with Gasteiger partial charge in [0.05, 0.1) is 0 Å². The van der Waals surface area contributed by atoms with E-state index in [4.69, 9.17) is 4.52 Å². The first-order valence-electron chi connectivity index (χ1n) is 4.59. The number of alkyl halides is 1. The second-order valence-corrected chi connectivity index (χ2v) is 6.63. The molecule has 0 aliphatic heterocycles. The van der Waals surface area contributed by atoms with Gasteiger partial charge < -0.3 is 4.52 Å². The minimum Gasteiger partial charge on any atom is -0.443 e. The van der Waals surface area contributed by atoms with Crippen molar-refractivity contribution in [2.24, 2.45) is 0 Å². The fourth-order valence-corrected chi connectivity index (χ4v) is 3.99. The molecule has 1 aromatic rings. The largest absolute Gasteiger partial charge is 0.443 e. The Morgan fingerprint density at radius 2 is 2.00 bits per heavy atom. The standard InChI is InChI=1S/C10H14BrO2P/c1-2-14(12,9-8-11)13-10-6-4-3-5-7-10/h3-7H,2,8-9H2,1H3. The maximum absolute atomic E-state index is 12.1. The van der Waals surface area contributed by atoms with Crippen LogP contribution in [0.4, 0.5) is 0 Å². The lowest BCUT2D eigenvalue weighted by molar-refractivity contribution is 0.484. The lowest BCUT2D eigenvalue weighted by Crippen LogP contribution is -2.01.